The molecule has 104 valence electrons. The van der Waals surface area contributed by atoms with Gasteiger partial charge >= 0.3 is 0 Å². The van der Waals surface area contributed by atoms with E-state index in [1.807, 2.05) is 0 Å². The first-order valence-electron chi connectivity index (χ1n) is 7.40. The molecule has 0 aromatic heterocycles. The number of hydrogen-bond acceptors (Lipinski definition) is 0. The van der Waals surface area contributed by atoms with Crippen LogP contribution in [0, 0.1) is 11.0 Å². The van der Waals surface area contributed by atoms with E-state index in [4.69, 9.17) is 0 Å². The Kier molecular flexibility index (Phi) is 4.59. The molecule has 0 radical (unpaired) electrons. The van der Waals surface area contributed by atoms with Gasteiger partial charge in [0.2, 0.25) is 0 Å². The average molecular weight is 264 g/mol. The summed E-state index contributed by atoms with van der Waals surface area (Å²) in [6.45, 7) is 19.1. The Labute approximate surface area is 116 Å². The zero-order valence-corrected chi connectivity index (χ0v) is 14.5. The average Bonchev–Trinajstić information content (AvgIpc) is 2.19. The number of allylic oxidation sites excluding steroid dienone is 4. The van der Waals surface area contributed by atoms with Crippen LogP contribution in [0.2, 0.25) is 16.6 Å². The first-order valence-corrected chi connectivity index (χ1v) is 9.63. The van der Waals surface area contributed by atoms with Crippen LogP contribution in [0.15, 0.2) is 24.3 Å². The van der Waals surface area contributed by atoms with Gasteiger partial charge in [-0.25, -0.2) is 0 Å². The van der Waals surface area contributed by atoms with E-state index in [1.165, 1.54) is 0 Å². The molecule has 0 nitrogen and oxygen atoms in total. The lowest BCUT2D eigenvalue weighted by Crippen LogP contribution is -2.50. The molecule has 0 heterocycles. The van der Waals surface area contributed by atoms with Crippen molar-refractivity contribution in [3.05, 3.63) is 29.8 Å². The van der Waals surface area contributed by atoms with Crippen molar-refractivity contribution in [1.82, 2.24) is 0 Å². The van der Waals surface area contributed by atoms with Crippen molar-refractivity contribution in [2.75, 3.05) is 0 Å². The van der Waals surface area contributed by atoms with Crippen molar-refractivity contribution in [1.29, 1.82) is 0 Å². The molecule has 0 aliphatic heterocycles. The predicted molar refractivity (Wildman–Crippen MR) is 86.4 cm³/mol. The molecule has 0 spiro atoms. The van der Waals surface area contributed by atoms with Crippen molar-refractivity contribution in [2.45, 2.75) is 72.0 Å². The van der Waals surface area contributed by atoms with Gasteiger partial charge in [-0.15, -0.1) is 0 Å². The van der Waals surface area contributed by atoms with Crippen molar-refractivity contribution >= 4 is 8.07 Å². The highest BCUT2D eigenvalue weighted by Crippen LogP contribution is 2.50. The smallest absolute Gasteiger partial charge is 0.0323 e. The van der Waals surface area contributed by atoms with Crippen LogP contribution in [0.5, 0.6) is 0 Å². The van der Waals surface area contributed by atoms with Crippen LogP contribution in [0.3, 0.4) is 0 Å². The van der Waals surface area contributed by atoms with Crippen LogP contribution in [-0.2, 0) is 0 Å². The third kappa shape index (κ3) is 2.61. The highest BCUT2D eigenvalue weighted by atomic mass is 28.3. The summed E-state index contributed by atoms with van der Waals surface area (Å²) in [6.07, 6.45) is 9.65. The van der Waals surface area contributed by atoms with E-state index in [9.17, 15) is 0 Å². The van der Waals surface area contributed by atoms with Gasteiger partial charge in [0.05, 0.1) is 0 Å². The normalized spacial score (nSPS) is 19.4. The zero-order chi connectivity index (χ0) is 14.1. The van der Waals surface area contributed by atoms with Gasteiger partial charge in [-0.05, 0) is 0 Å². The molecule has 0 fully saturated rings. The third-order valence-electron chi connectivity index (χ3n) is 4.75. The second-order valence-corrected chi connectivity index (χ2v) is 13.2. The molecule has 0 amide bonds. The maximum absolute atomic E-state index is 2.44. The van der Waals surface area contributed by atoms with Crippen LogP contribution in [0.25, 0.3) is 0 Å². The first kappa shape index (κ1) is 15.6. The van der Waals surface area contributed by atoms with E-state index in [-0.39, 0.29) is 5.41 Å². The van der Waals surface area contributed by atoms with Crippen LogP contribution in [0.4, 0.5) is 0 Å². The summed E-state index contributed by atoms with van der Waals surface area (Å²) in [4.78, 5) is 0. The minimum Gasteiger partial charge on any atom is -0.181 e. The molecular weight excluding hydrogens is 232 g/mol. The van der Waals surface area contributed by atoms with Crippen molar-refractivity contribution in [2.24, 2.45) is 5.41 Å². The van der Waals surface area contributed by atoms with Gasteiger partial charge in [0.25, 0.3) is 0 Å². The van der Waals surface area contributed by atoms with Crippen molar-refractivity contribution < 1.29 is 0 Å². The summed E-state index contributed by atoms with van der Waals surface area (Å²) in [6, 6.07) is 0. The molecule has 18 heavy (non-hydrogen) atoms. The lowest BCUT2D eigenvalue weighted by Gasteiger charge is -2.53. The van der Waals surface area contributed by atoms with E-state index >= 15 is 0 Å². The summed E-state index contributed by atoms with van der Waals surface area (Å²) in [7, 11) is -1.45. The number of rotatable bonds is 4. The molecule has 0 saturated heterocycles. The fourth-order valence-corrected chi connectivity index (χ4v) is 10.8. The summed E-state index contributed by atoms with van der Waals surface area (Å²) in [5.41, 5.74) is 4.27. The van der Waals surface area contributed by atoms with E-state index in [0.29, 0.717) is 0 Å². The Bertz CT molecular complexity index is 294. The molecular formula is C17H31Si-. The summed E-state index contributed by atoms with van der Waals surface area (Å²) < 4.78 is 0. The minimum absolute atomic E-state index is 0.231. The Morgan fingerprint density at radius 2 is 1.11 bits per heavy atom. The Morgan fingerprint density at radius 1 is 0.778 bits per heavy atom. The number of hydrogen-bond donors (Lipinski definition) is 0. The van der Waals surface area contributed by atoms with E-state index in [0.717, 1.165) is 16.6 Å². The third-order valence-corrected chi connectivity index (χ3v) is 11.8. The second-order valence-electron chi connectivity index (χ2n) is 7.34. The lowest BCUT2D eigenvalue weighted by atomic mass is 9.89. The van der Waals surface area contributed by atoms with Gasteiger partial charge in [-0.1, -0.05) is 77.4 Å². The zero-order valence-electron chi connectivity index (χ0n) is 13.5. The summed E-state index contributed by atoms with van der Waals surface area (Å²) >= 11 is 0. The van der Waals surface area contributed by atoms with Crippen molar-refractivity contribution in [3.63, 3.8) is 0 Å². The quantitative estimate of drug-likeness (QED) is 0.435. The first-order chi connectivity index (χ1) is 8.14. The molecule has 0 aromatic rings. The predicted octanol–water partition coefficient (Wildman–Crippen LogP) is 5.93. The molecule has 0 unspecified atom stereocenters. The summed E-state index contributed by atoms with van der Waals surface area (Å²) in [5, 5.41) is 0. The Balaban J connectivity index is 3.18. The maximum atomic E-state index is 2.44. The molecule has 0 N–H and O–H groups in total. The largest absolute Gasteiger partial charge is 0.181 e. The highest BCUT2D eigenvalue weighted by molar-refractivity contribution is 6.89. The van der Waals surface area contributed by atoms with Crippen LogP contribution in [0.1, 0.15) is 55.4 Å². The lowest BCUT2D eigenvalue weighted by molar-refractivity contribution is 0.618. The molecule has 1 aliphatic rings. The maximum Gasteiger partial charge on any atom is 0.0323 e. The molecule has 0 aromatic carbocycles. The molecule has 1 rings (SSSR count). The molecule has 0 atom stereocenters. The van der Waals surface area contributed by atoms with Gasteiger partial charge in [0, 0.05) is 8.07 Å². The van der Waals surface area contributed by atoms with Gasteiger partial charge in [0.1, 0.15) is 0 Å². The van der Waals surface area contributed by atoms with Gasteiger partial charge in [0.15, 0.2) is 0 Å². The van der Waals surface area contributed by atoms with Gasteiger partial charge in [-0.3, -0.25) is 0 Å². The topological polar surface area (TPSA) is 0 Å². The standard InChI is InChI=1S/C17H31Si/c1-13(2)18(14(3)4,15(5)6)16-9-11-17(7,8)12-10-16/h9-15H,1-8H3/q-1. The fourth-order valence-electron chi connectivity index (χ4n) is 4.01. The molecule has 0 saturated carbocycles. The Hall–Kier alpha value is -0.433. The van der Waals surface area contributed by atoms with E-state index < -0.39 is 8.07 Å². The van der Waals surface area contributed by atoms with E-state index in [2.05, 4.69) is 79.7 Å². The van der Waals surface area contributed by atoms with Gasteiger partial charge in [-0.2, -0.15) is 29.8 Å². The van der Waals surface area contributed by atoms with Crippen LogP contribution in [-0.4, -0.2) is 8.07 Å². The van der Waals surface area contributed by atoms with Crippen LogP contribution < -0.4 is 0 Å². The SMILES string of the molecule is CC(C)[Si]([C-]1C=CC(C)(C)C=C1)(C(C)C)C(C)C. The monoisotopic (exact) mass is 263 g/mol. The molecule has 1 heteroatoms. The Morgan fingerprint density at radius 3 is 1.39 bits per heavy atom. The van der Waals surface area contributed by atoms with Crippen molar-refractivity contribution in [3.8, 4) is 0 Å². The van der Waals surface area contributed by atoms with Gasteiger partial charge < -0.3 is 0 Å². The van der Waals surface area contributed by atoms with E-state index in [1.54, 1.807) is 5.54 Å². The summed E-state index contributed by atoms with van der Waals surface area (Å²) in [5.74, 6) is 0. The minimum atomic E-state index is -1.45. The fraction of sp³-hybridized carbons (Fsp3) is 0.706. The highest BCUT2D eigenvalue weighted by Gasteiger charge is 2.43. The second kappa shape index (κ2) is 5.28. The molecule has 0 bridgehead atoms. The van der Waals surface area contributed by atoms with Crippen LogP contribution >= 0.6 is 0 Å². The molecule has 1 aliphatic carbocycles.